The predicted octanol–water partition coefficient (Wildman–Crippen LogP) is 0.913. The summed E-state index contributed by atoms with van der Waals surface area (Å²) in [4.78, 5) is 22.6. The molecule has 0 saturated carbocycles. The topological polar surface area (TPSA) is 58.2 Å². The van der Waals surface area contributed by atoms with Gasteiger partial charge in [0.25, 0.3) is 0 Å². The molecule has 4 nitrogen and oxygen atoms in total. The number of amides is 2. The van der Waals surface area contributed by atoms with E-state index in [1.807, 2.05) is 31.2 Å². The maximum atomic E-state index is 11.4. The highest BCUT2D eigenvalue weighted by Crippen LogP contribution is 2.05. The van der Waals surface area contributed by atoms with Crippen LogP contribution in [-0.4, -0.2) is 18.4 Å². The van der Waals surface area contributed by atoms with Crippen molar-refractivity contribution in [3.05, 3.63) is 48.0 Å². The Bertz CT molecular complexity index is 427. The fourth-order valence-electron chi connectivity index (χ4n) is 1.31. The number of benzene rings is 1. The lowest BCUT2D eigenvalue weighted by molar-refractivity contribution is -0.139. The Balaban J connectivity index is 2.46. The van der Waals surface area contributed by atoms with Crippen molar-refractivity contribution in [3.8, 4) is 0 Å². The Morgan fingerprint density at radius 1 is 1.24 bits per heavy atom. The monoisotopic (exact) mass is 232 g/mol. The number of hydrogen-bond donors (Lipinski definition) is 2. The molecule has 90 valence electrons. The second-order valence-electron chi connectivity index (χ2n) is 3.61. The number of hydrogen-bond acceptors (Lipinski definition) is 2. The molecule has 1 aromatic rings. The van der Waals surface area contributed by atoms with Gasteiger partial charge in [0.05, 0.1) is 0 Å². The van der Waals surface area contributed by atoms with E-state index in [-0.39, 0.29) is 6.54 Å². The minimum Gasteiger partial charge on any atom is -0.344 e. The molecule has 0 unspecified atom stereocenters. The van der Waals surface area contributed by atoms with Crippen molar-refractivity contribution in [2.75, 3.05) is 6.54 Å². The van der Waals surface area contributed by atoms with Crippen molar-refractivity contribution in [2.24, 2.45) is 0 Å². The molecular formula is C13H16N2O2. The standard InChI is InChI=1S/C13H16N2O2/c1-3-8-14-12(16)13(17)15-9-11-7-5-4-6-10(11)2/h3-7H,1,8-9H2,2H3,(H,14,16)(H,15,17). The highest BCUT2D eigenvalue weighted by Gasteiger charge is 2.11. The lowest BCUT2D eigenvalue weighted by Gasteiger charge is -2.07. The highest BCUT2D eigenvalue weighted by atomic mass is 16.2. The van der Waals surface area contributed by atoms with Crippen LogP contribution in [0.4, 0.5) is 0 Å². The first-order valence-corrected chi connectivity index (χ1v) is 5.36. The van der Waals surface area contributed by atoms with E-state index in [1.165, 1.54) is 6.08 Å². The third-order valence-electron chi connectivity index (χ3n) is 2.31. The third kappa shape index (κ3) is 4.10. The zero-order chi connectivity index (χ0) is 12.7. The zero-order valence-corrected chi connectivity index (χ0v) is 9.82. The molecule has 2 N–H and O–H groups in total. The fourth-order valence-corrected chi connectivity index (χ4v) is 1.31. The van der Waals surface area contributed by atoms with Crippen LogP contribution in [0.25, 0.3) is 0 Å². The van der Waals surface area contributed by atoms with Crippen LogP contribution >= 0.6 is 0 Å². The maximum absolute atomic E-state index is 11.4. The van der Waals surface area contributed by atoms with Crippen LogP contribution in [0.2, 0.25) is 0 Å². The molecule has 0 bridgehead atoms. The van der Waals surface area contributed by atoms with Crippen molar-refractivity contribution in [1.82, 2.24) is 10.6 Å². The van der Waals surface area contributed by atoms with Crippen molar-refractivity contribution < 1.29 is 9.59 Å². The Hall–Kier alpha value is -2.10. The van der Waals surface area contributed by atoms with E-state index in [9.17, 15) is 9.59 Å². The number of nitrogens with one attached hydrogen (secondary N) is 2. The van der Waals surface area contributed by atoms with Gasteiger partial charge in [-0.1, -0.05) is 30.3 Å². The molecule has 1 aromatic carbocycles. The summed E-state index contributed by atoms with van der Waals surface area (Å²) in [5.74, 6) is -1.27. The average molecular weight is 232 g/mol. The van der Waals surface area contributed by atoms with Crippen LogP contribution in [-0.2, 0) is 16.1 Å². The van der Waals surface area contributed by atoms with Gasteiger partial charge in [0, 0.05) is 13.1 Å². The molecule has 0 fully saturated rings. The molecule has 0 radical (unpaired) electrons. The van der Waals surface area contributed by atoms with Gasteiger partial charge >= 0.3 is 11.8 Å². The lowest BCUT2D eigenvalue weighted by atomic mass is 10.1. The van der Waals surface area contributed by atoms with Crippen molar-refractivity contribution in [1.29, 1.82) is 0 Å². The number of carbonyl (C=O) groups is 2. The van der Waals surface area contributed by atoms with Gasteiger partial charge in [-0.2, -0.15) is 0 Å². The van der Waals surface area contributed by atoms with E-state index in [0.717, 1.165) is 11.1 Å². The Morgan fingerprint density at radius 2 is 1.88 bits per heavy atom. The summed E-state index contributed by atoms with van der Waals surface area (Å²) in [7, 11) is 0. The molecule has 0 spiro atoms. The molecule has 17 heavy (non-hydrogen) atoms. The minimum absolute atomic E-state index is 0.288. The number of rotatable bonds is 4. The Morgan fingerprint density at radius 3 is 2.53 bits per heavy atom. The summed E-state index contributed by atoms with van der Waals surface area (Å²) in [5, 5.41) is 4.98. The zero-order valence-electron chi connectivity index (χ0n) is 9.82. The van der Waals surface area contributed by atoms with E-state index in [4.69, 9.17) is 0 Å². The van der Waals surface area contributed by atoms with Crippen molar-refractivity contribution in [3.63, 3.8) is 0 Å². The lowest BCUT2D eigenvalue weighted by Crippen LogP contribution is -2.39. The Kier molecular flexibility index (Phi) is 4.94. The van der Waals surface area contributed by atoms with Crippen LogP contribution in [0.15, 0.2) is 36.9 Å². The maximum Gasteiger partial charge on any atom is 0.309 e. The molecule has 0 aliphatic heterocycles. The van der Waals surface area contributed by atoms with Crippen LogP contribution in [0.1, 0.15) is 11.1 Å². The molecule has 0 atom stereocenters. The summed E-state index contributed by atoms with van der Waals surface area (Å²) < 4.78 is 0. The number of aryl methyl sites for hydroxylation is 1. The summed E-state index contributed by atoms with van der Waals surface area (Å²) in [6, 6.07) is 7.69. The van der Waals surface area contributed by atoms with Gasteiger partial charge in [0.15, 0.2) is 0 Å². The van der Waals surface area contributed by atoms with Crippen molar-refractivity contribution in [2.45, 2.75) is 13.5 Å². The van der Waals surface area contributed by atoms with Crippen LogP contribution in [0.3, 0.4) is 0 Å². The summed E-state index contributed by atoms with van der Waals surface area (Å²) in [6.07, 6.45) is 1.52. The summed E-state index contributed by atoms with van der Waals surface area (Å²) in [5.41, 5.74) is 2.08. The largest absolute Gasteiger partial charge is 0.344 e. The first-order valence-electron chi connectivity index (χ1n) is 5.36. The molecule has 0 aliphatic rings. The molecule has 4 heteroatoms. The smallest absolute Gasteiger partial charge is 0.309 e. The molecule has 2 amide bonds. The molecule has 0 aromatic heterocycles. The van der Waals surface area contributed by atoms with Crippen LogP contribution < -0.4 is 10.6 Å². The first kappa shape index (κ1) is 13.0. The van der Waals surface area contributed by atoms with Gasteiger partial charge in [-0.3, -0.25) is 9.59 Å². The summed E-state index contributed by atoms with van der Waals surface area (Å²) in [6.45, 7) is 6.05. The minimum atomic E-state index is -0.640. The summed E-state index contributed by atoms with van der Waals surface area (Å²) >= 11 is 0. The SMILES string of the molecule is C=CCNC(=O)C(=O)NCc1ccccc1C. The van der Waals surface area contributed by atoms with E-state index >= 15 is 0 Å². The molecule has 1 rings (SSSR count). The molecular weight excluding hydrogens is 216 g/mol. The van der Waals surface area contributed by atoms with Gasteiger partial charge in [0.2, 0.25) is 0 Å². The second-order valence-corrected chi connectivity index (χ2v) is 3.61. The van der Waals surface area contributed by atoms with Crippen LogP contribution in [0, 0.1) is 6.92 Å². The van der Waals surface area contributed by atoms with E-state index in [1.54, 1.807) is 0 Å². The highest BCUT2D eigenvalue weighted by molar-refractivity contribution is 6.35. The average Bonchev–Trinajstić information content (AvgIpc) is 2.34. The normalized spacial score (nSPS) is 9.47. The van der Waals surface area contributed by atoms with Gasteiger partial charge in [-0.15, -0.1) is 6.58 Å². The van der Waals surface area contributed by atoms with Gasteiger partial charge < -0.3 is 10.6 Å². The Labute approximate surface area is 101 Å². The molecule has 0 heterocycles. The molecule has 0 aliphatic carbocycles. The van der Waals surface area contributed by atoms with E-state index < -0.39 is 11.8 Å². The third-order valence-corrected chi connectivity index (χ3v) is 2.31. The van der Waals surface area contributed by atoms with Gasteiger partial charge in [0.1, 0.15) is 0 Å². The predicted molar refractivity (Wildman–Crippen MR) is 66.2 cm³/mol. The van der Waals surface area contributed by atoms with Crippen LogP contribution in [0.5, 0.6) is 0 Å². The van der Waals surface area contributed by atoms with E-state index in [2.05, 4.69) is 17.2 Å². The van der Waals surface area contributed by atoms with E-state index in [0.29, 0.717) is 6.54 Å². The van der Waals surface area contributed by atoms with Crippen molar-refractivity contribution >= 4 is 11.8 Å². The second kappa shape index (κ2) is 6.48. The quantitative estimate of drug-likeness (QED) is 0.599. The van der Waals surface area contributed by atoms with Gasteiger partial charge in [-0.25, -0.2) is 0 Å². The number of carbonyl (C=O) groups excluding carboxylic acids is 2. The molecule has 0 saturated heterocycles. The fraction of sp³-hybridized carbons (Fsp3) is 0.231. The first-order chi connectivity index (χ1) is 8.15. The van der Waals surface area contributed by atoms with Gasteiger partial charge in [-0.05, 0) is 18.1 Å².